The number of anilines is 3. The molecule has 0 amide bonds. The quantitative estimate of drug-likeness (QED) is 0.506. The third kappa shape index (κ3) is 5.45. The van der Waals surface area contributed by atoms with E-state index >= 15 is 0 Å². The lowest BCUT2D eigenvalue weighted by Crippen LogP contribution is -2.33. The van der Waals surface area contributed by atoms with Gasteiger partial charge in [-0.2, -0.15) is 0 Å². The minimum Gasteiger partial charge on any atom is -0.390 e. The normalized spacial score (nSPS) is 25.5. The number of nitrogens with zero attached hydrogens (tertiary/aromatic N) is 4. The number of aliphatic hydroxyl groups is 1. The van der Waals surface area contributed by atoms with Gasteiger partial charge in [0.05, 0.1) is 12.3 Å². The summed E-state index contributed by atoms with van der Waals surface area (Å²) in [6.45, 7) is 12.8. The molecule has 3 rings (SSSR count). The highest BCUT2D eigenvalue weighted by Crippen LogP contribution is 2.46. The zero-order valence-corrected chi connectivity index (χ0v) is 21.0. The van der Waals surface area contributed by atoms with Gasteiger partial charge in [0.25, 0.3) is 0 Å². The summed E-state index contributed by atoms with van der Waals surface area (Å²) in [5.74, 6) is 2.11. The Labute approximate surface area is 194 Å². The van der Waals surface area contributed by atoms with Crippen molar-refractivity contribution in [3.05, 3.63) is 29.6 Å². The summed E-state index contributed by atoms with van der Waals surface area (Å²) in [6.07, 6.45) is 13.4. The Morgan fingerprint density at radius 3 is 2.84 bits per heavy atom. The lowest BCUT2D eigenvalue weighted by atomic mass is 9.64. The molecule has 0 radical (unpaired) electrons. The lowest BCUT2D eigenvalue weighted by Gasteiger charge is -2.42. The average molecular weight is 442 g/mol. The third-order valence-corrected chi connectivity index (χ3v) is 8.06. The van der Waals surface area contributed by atoms with Crippen molar-refractivity contribution in [2.45, 2.75) is 85.2 Å². The summed E-state index contributed by atoms with van der Waals surface area (Å²) in [5, 5.41) is 11.0. The maximum atomic E-state index is 11.0. The first-order valence-corrected chi connectivity index (χ1v) is 12.2. The number of aromatic nitrogens is 2. The van der Waals surface area contributed by atoms with E-state index in [1.807, 2.05) is 14.0 Å². The molecule has 3 N–H and O–H groups in total. The molecule has 6 heteroatoms. The minimum atomic E-state index is -0.608. The summed E-state index contributed by atoms with van der Waals surface area (Å²) >= 11 is 0. The fraction of sp³-hybridized carbons (Fsp3) is 0.692. The van der Waals surface area contributed by atoms with Crippen molar-refractivity contribution in [3.63, 3.8) is 0 Å². The molecule has 3 atom stereocenters. The van der Waals surface area contributed by atoms with E-state index in [1.165, 1.54) is 30.3 Å². The first-order valence-electron chi connectivity index (χ1n) is 12.2. The Morgan fingerprint density at radius 2 is 2.12 bits per heavy atom. The van der Waals surface area contributed by atoms with Gasteiger partial charge in [0.1, 0.15) is 12.0 Å². The first kappa shape index (κ1) is 24.6. The Bertz CT molecular complexity index is 862. The van der Waals surface area contributed by atoms with Crippen LogP contribution >= 0.6 is 0 Å². The van der Waals surface area contributed by atoms with E-state index in [0.29, 0.717) is 11.7 Å². The second-order valence-corrected chi connectivity index (χ2v) is 10.7. The maximum Gasteiger partial charge on any atom is 0.159 e. The summed E-state index contributed by atoms with van der Waals surface area (Å²) in [6, 6.07) is 0. The smallest absolute Gasteiger partial charge is 0.159 e. The van der Waals surface area contributed by atoms with E-state index in [2.05, 4.69) is 59.6 Å². The van der Waals surface area contributed by atoms with Gasteiger partial charge in [-0.05, 0) is 77.0 Å². The Hall–Kier alpha value is -2.08. The van der Waals surface area contributed by atoms with Crippen molar-refractivity contribution in [2.24, 2.45) is 11.3 Å². The fourth-order valence-electron chi connectivity index (χ4n) is 5.21. The zero-order valence-electron chi connectivity index (χ0n) is 21.0. The Kier molecular flexibility index (Phi) is 7.53. The van der Waals surface area contributed by atoms with Crippen molar-refractivity contribution in [2.75, 3.05) is 35.8 Å². The molecule has 1 aromatic rings. The molecule has 1 unspecified atom stereocenters. The SMILES string of the molecule is CC1=CCC[C@H](C)[C@@]1(C)CCC(C)(O)CCC/C(C)=C/CN1CN(C)c2ncnc(N)c21. The van der Waals surface area contributed by atoms with Crippen LogP contribution in [0.2, 0.25) is 0 Å². The molecular weight excluding hydrogens is 398 g/mol. The van der Waals surface area contributed by atoms with Crippen LogP contribution in [0.1, 0.15) is 79.6 Å². The molecule has 1 aliphatic carbocycles. The van der Waals surface area contributed by atoms with Crippen molar-refractivity contribution < 1.29 is 5.11 Å². The van der Waals surface area contributed by atoms with Crippen LogP contribution in [0.3, 0.4) is 0 Å². The summed E-state index contributed by atoms with van der Waals surface area (Å²) < 4.78 is 0. The summed E-state index contributed by atoms with van der Waals surface area (Å²) in [5.41, 5.74) is 9.49. The van der Waals surface area contributed by atoms with E-state index in [1.54, 1.807) is 0 Å². The molecule has 2 aliphatic rings. The second-order valence-electron chi connectivity index (χ2n) is 10.7. The molecule has 0 bridgehead atoms. The van der Waals surface area contributed by atoms with Gasteiger partial charge in [-0.1, -0.05) is 37.1 Å². The molecule has 0 saturated heterocycles. The first-order chi connectivity index (χ1) is 15.0. The predicted molar refractivity (Wildman–Crippen MR) is 135 cm³/mol. The molecule has 0 fully saturated rings. The number of rotatable bonds is 9. The molecule has 0 saturated carbocycles. The maximum absolute atomic E-state index is 11.0. The molecule has 2 heterocycles. The number of allylic oxidation sites excluding steroid dienone is 3. The molecule has 0 aromatic carbocycles. The van der Waals surface area contributed by atoms with Crippen LogP contribution in [-0.4, -0.2) is 40.9 Å². The number of hydrogen-bond donors (Lipinski definition) is 2. The van der Waals surface area contributed by atoms with Crippen LogP contribution in [0.25, 0.3) is 0 Å². The Balaban J connectivity index is 1.47. The van der Waals surface area contributed by atoms with Crippen molar-refractivity contribution in [1.29, 1.82) is 0 Å². The fourth-order valence-corrected chi connectivity index (χ4v) is 5.21. The molecule has 178 valence electrons. The van der Waals surface area contributed by atoms with Crippen molar-refractivity contribution in [1.82, 2.24) is 9.97 Å². The Morgan fingerprint density at radius 1 is 1.38 bits per heavy atom. The van der Waals surface area contributed by atoms with Gasteiger partial charge in [-0.3, -0.25) is 0 Å². The molecule has 32 heavy (non-hydrogen) atoms. The number of nitrogen functional groups attached to an aromatic ring is 1. The van der Waals surface area contributed by atoms with Crippen LogP contribution in [0.4, 0.5) is 17.3 Å². The van der Waals surface area contributed by atoms with Gasteiger partial charge >= 0.3 is 0 Å². The van der Waals surface area contributed by atoms with Crippen molar-refractivity contribution in [3.8, 4) is 0 Å². The third-order valence-electron chi connectivity index (χ3n) is 8.06. The molecule has 6 nitrogen and oxygen atoms in total. The average Bonchev–Trinajstić information content (AvgIpc) is 3.06. The van der Waals surface area contributed by atoms with Crippen LogP contribution in [0, 0.1) is 11.3 Å². The van der Waals surface area contributed by atoms with E-state index in [4.69, 9.17) is 5.73 Å². The number of nitrogens with two attached hydrogens (primary N) is 1. The summed E-state index contributed by atoms with van der Waals surface area (Å²) in [7, 11) is 2.02. The largest absolute Gasteiger partial charge is 0.390 e. The topological polar surface area (TPSA) is 78.5 Å². The number of hydrogen-bond acceptors (Lipinski definition) is 6. The van der Waals surface area contributed by atoms with Crippen LogP contribution in [-0.2, 0) is 0 Å². The second kappa shape index (κ2) is 9.82. The van der Waals surface area contributed by atoms with Gasteiger partial charge in [0.15, 0.2) is 11.6 Å². The van der Waals surface area contributed by atoms with E-state index in [-0.39, 0.29) is 5.41 Å². The minimum absolute atomic E-state index is 0.225. The standard InChI is InChI=1S/C26H43N5O/c1-19(12-16-31-18-30(6)24-22(31)23(27)28-17-29-24)9-8-13-25(4,32)14-15-26(5)20(2)10-7-11-21(26)3/h10,12,17,21,32H,7-9,11,13-16,18H2,1-6H3,(H2,27,28,29)/b19-12+/t21-,25?,26-/m0/s1. The highest BCUT2D eigenvalue weighted by molar-refractivity contribution is 5.81. The highest BCUT2D eigenvalue weighted by atomic mass is 16.3. The van der Waals surface area contributed by atoms with Gasteiger partial charge in [-0.25, -0.2) is 9.97 Å². The van der Waals surface area contributed by atoms with Crippen LogP contribution in [0.5, 0.6) is 0 Å². The van der Waals surface area contributed by atoms with Crippen LogP contribution in [0.15, 0.2) is 29.6 Å². The molecule has 0 spiro atoms. The van der Waals surface area contributed by atoms with Gasteiger partial charge in [0.2, 0.25) is 0 Å². The van der Waals surface area contributed by atoms with E-state index in [9.17, 15) is 5.11 Å². The molecular formula is C26H43N5O. The highest BCUT2D eigenvalue weighted by Gasteiger charge is 2.36. The molecule has 1 aliphatic heterocycles. The number of fused-ring (bicyclic) bond motifs is 1. The molecule has 1 aromatic heterocycles. The van der Waals surface area contributed by atoms with Gasteiger partial charge in [0, 0.05) is 13.6 Å². The zero-order chi connectivity index (χ0) is 23.5. The predicted octanol–water partition coefficient (Wildman–Crippen LogP) is 5.30. The van der Waals surface area contributed by atoms with E-state index < -0.39 is 5.60 Å². The van der Waals surface area contributed by atoms with Crippen LogP contribution < -0.4 is 15.5 Å². The van der Waals surface area contributed by atoms with Crippen molar-refractivity contribution >= 4 is 17.3 Å². The van der Waals surface area contributed by atoms with Gasteiger partial charge < -0.3 is 20.6 Å². The monoisotopic (exact) mass is 441 g/mol. The van der Waals surface area contributed by atoms with Gasteiger partial charge in [-0.15, -0.1) is 0 Å². The summed E-state index contributed by atoms with van der Waals surface area (Å²) in [4.78, 5) is 12.8. The van der Waals surface area contributed by atoms with E-state index in [0.717, 1.165) is 56.8 Å². The lowest BCUT2D eigenvalue weighted by molar-refractivity contribution is 0.0230.